The Hall–Kier alpha value is -1.74. The molecule has 3 rings (SSSR count). The van der Waals surface area contributed by atoms with E-state index in [9.17, 15) is 22.0 Å². The molecule has 2 aliphatic heterocycles. The smallest absolute Gasteiger partial charge is 0.414 e. The van der Waals surface area contributed by atoms with Gasteiger partial charge in [0.1, 0.15) is 17.6 Å². The molecule has 6 nitrogen and oxygen atoms in total. The minimum Gasteiger partial charge on any atom is -0.441 e. The van der Waals surface area contributed by atoms with E-state index in [1.165, 1.54) is 12.1 Å². The molecule has 132 valence electrons. The maximum absolute atomic E-state index is 15.0. The number of alkyl halides is 1. The van der Waals surface area contributed by atoms with Crippen molar-refractivity contribution in [1.82, 2.24) is 0 Å². The van der Waals surface area contributed by atoms with E-state index in [2.05, 4.69) is 0 Å². The molecule has 0 aromatic heterocycles. The Labute approximate surface area is 137 Å². The Kier molecular flexibility index (Phi) is 4.25. The number of hydrogen-bond donors (Lipinski definition) is 1. The number of aliphatic hydroxyl groups is 1. The zero-order chi connectivity index (χ0) is 17.5. The number of carbonyl (C=O) groups excluding carboxylic acids is 1. The quantitative estimate of drug-likeness (QED) is 0.882. The minimum atomic E-state index is -3.27. The van der Waals surface area contributed by atoms with Crippen LogP contribution in [0.4, 0.5) is 19.3 Å². The zero-order valence-corrected chi connectivity index (χ0v) is 13.6. The highest BCUT2D eigenvalue weighted by Gasteiger charge is 2.41. The molecule has 1 aromatic rings. The Morgan fingerprint density at radius 3 is 2.54 bits per heavy atom. The number of cyclic esters (lactones) is 1. The third-order valence-electron chi connectivity index (χ3n) is 4.44. The van der Waals surface area contributed by atoms with Gasteiger partial charge < -0.3 is 9.84 Å². The molecule has 1 aromatic carbocycles. The van der Waals surface area contributed by atoms with Gasteiger partial charge in [0, 0.05) is 5.56 Å². The van der Waals surface area contributed by atoms with Gasteiger partial charge >= 0.3 is 6.09 Å². The van der Waals surface area contributed by atoms with Gasteiger partial charge in [-0.3, -0.25) is 4.90 Å². The zero-order valence-electron chi connectivity index (χ0n) is 12.7. The van der Waals surface area contributed by atoms with Gasteiger partial charge in [0.25, 0.3) is 0 Å². The van der Waals surface area contributed by atoms with Crippen LogP contribution in [0.1, 0.15) is 18.4 Å². The van der Waals surface area contributed by atoms with Crippen LogP contribution in [0.25, 0.3) is 0 Å². The topological polar surface area (TPSA) is 83.9 Å². The highest BCUT2D eigenvalue weighted by Crippen LogP contribution is 2.40. The molecule has 0 aliphatic carbocycles. The molecule has 24 heavy (non-hydrogen) atoms. The maximum atomic E-state index is 15.0. The van der Waals surface area contributed by atoms with Crippen LogP contribution in [-0.4, -0.2) is 50.4 Å². The second-order valence-corrected chi connectivity index (χ2v) is 8.38. The molecule has 2 saturated heterocycles. The summed E-state index contributed by atoms with van der Waals surface area (Å²) in [5.41, 5.74) is -2.04. The normalized spacial score (nSPS) is 25.5. The number of halogens is 2. The van der Waals surface area contributed by atoms with Gasteiger partial charge in [-0.25, -0.2) is 22.0 Å². The van der Waals surface area contributed by atoms with Gasteiger partial charge in [-0.2, -0.15) is 0 Å². The number of hydrogen-bond acceptors (Lipinski definition) is 5. The fourth-order valence-corrected chi connectivity index (χ4v) is 4.47. The number of benzene rings is 1. The molecule has 0 spiro atoms. The van der Waals surface area contributed by atoms with E-state index in [1.807, 2.05) is 0 Å². The van der Waals surface area contributed by atoms with E-state index in [0.717, 1.165) is 11.0 Å². The molecule has 2 heterocycles. The first-order valence-electron chi connectivity index (χ1n) is 7.52. The highest BCUT2D eigenvalue weighted by molar-refractivity contribution is 7.91. The number of rotatable bonds is 3. The SMILES string of the molecule is O=C1O[C@@H](CO)CN1c1ccc(C2(F)CCS(=O)(=O)CC2)c(F)c1. The number of amides is 1. The molecule has 1 amide bonds. The molecular formula is C15H17F2NO5S. The standard InChI is InChI=1S/C15H17F2NO5S/c16-13-7-10(18-8-11(9-19)23-14(18)20)1-2-12(13)15(17)3-5-24(21,22)6-4-15/h1-2,7,11,19H,3-6,8-9H2/t11-/m1/s1. The average molecular weight is 361 g/mol. The van der Waals surface area contributed by atoms with Gasteiger partial charge in [-0.05, 0) is 25.0 Å². The van der Waals surface area contributed by atoms with Crippen molar-refractivity contribution in [3.8, 4) is 0 Å². The van der Waals surface area contributed by atoms with E-state index >= 15 is 0 Å². The van der Waals surface area contributed by atoms with Gasteiger partial charge in [0.15, 0.2) is 9.84 Å². The average Bonchev–Trinajstić information content (AvgIpc) is 2.91. The van der Waals surface area contributed by atoms with E-state index in [4.69, 9.17) is 9.84 Å². The van der Waals surface area contributed by atoms with Crippen molar-refractivity contribution < 1.29 is 31.8 Å². The largest absolute Gasteiger partial charge is 0.441 e. The van der Waals surface area contributed by atoms with Crippen LogP contribution < -0.4 is 4.90 Å². The van der Waals surface area contributed by atoms with Crippen LogP contribution in [0.5, 0.6) is 0 Å². The molecule has 0 saturated carbocycles. The van der Waals surface area contributed by atoms with Crippen molar-refractivity contribution in [3.63, 3.8) is 0 Å². The lowest BCUT2D eigenvalue weighted by Crippen LogP contribution is -2.34. The summed E-state index contributed by atoms with van der Waals surface area (Å²) in [5.74, 6) is -1.47. The monoisotopic (exact) mass is 361 g/mol. The summed E-state index contributed by atoms with van der Waals surface area (Å²) in [6, 6.07) is 3.66. The van der Waals surface area contributed by atoms with Crippen molar-refractivity contribution in [2.24, 2.45) is 0 Å². The van der Waals surface area contributed by atoms with Crippen LogP contribution >= 0.6 is 0 Å². The Balaban J connectivity index is 1.84. The number of ether oxygens (including phenoxy) is 1. The van der Waals surface area contributed by atoms with Gasteiger partial charge in [-0.1, -0.05) is 6.07 Å². The summed E-state index contributed by atoms with van der Waals surface area (Å²) >= 11 is 0. The second kappa shape index (κ2) is 5.96. The predicted octanol–water partition coefficient (Wildman–Crippen LogP) is 1.52. The summed E-state index contributed by atoms with van der Waals surface area (Å²) < 4.78 is 57.1. The fraction of sp³-hybridized carbons (Fsp3) is 0.533. The summed E-state index contributed by atoms with van der Waals surface area (Å²) in [5, 5.41) is 9.02. The second-order valence-electron chi connectivity index (χ2n) is 6.08. The van der Waals surface area contributed by atoms with Crippen molar-refractivity contribution >= 4 is 21.6 Å². The van der Waals surface area contributed by atoms with Crippen LogP contribution in [0, 0.1) is 5.82 Å². The summed E-state index contributed by atoms with van der Waals surface area (Å²) in [4.78, 5) is 12.9. The number of anilines is 1. The molecule has 9 heteroatoms. The van der Waals surface area contributed by atoms with Crippen molar-refractivity contribution in [3.05, 3.63) is 29.6 Å². The van der Waals surface area contributed by atoms with E-state index in [1.54, 1.807) is 0 Å². The summed E-state index contributed by atoms with van der Waals surface area (Å²) in [6.45, 7) is -0.266. The fourth-order valence-electron chi connectivity index (χ4n) is 2.99. The first-order valence-corrected chi connectivity index (χ1v) is 9.35. The number of aliphatic hydroxyl groups excluding tert-OH is 1. The van der Waals surface area contributed by atoms with Gasteiger partial charge in [0.2, 0.25) is 0 Å². The van der Waals surface area contributed by atoms with Crippen LogP contribution in [0.15, 0.2) is 18.2 Å². The number of sulfone groups is 1. The summed E-state index contributed by atoms with van der Waals surface area (Å²) in [6.07, 6.45) is -1.97. The van der Waals surface area contributed by atoms with Gasteiger partial charge in [0.05, 0.1) is 30.3 Å². The van der Waals surface area contributed by atoms with Crippen molar-refractivity contribution in [2.45, 2.75) is 24.6 Å². The Bertz CT molecular complexity index is 753. The molecule has 0 unspecified atom stereocenters. The van der Waals surface area contributed by atoms with E-state index < -0.39 is 33.5 Å². The lowest BCUT2D eigenvalue weighted by molar-refractivity contribution is 0.0963. The highest BCUT2D eigenvalue weighted by atomic mass is 32.2. The first kappa shape index (κ1) is 17.1. The minimum absolute atomic E-state index is 0.0765. The molecular weight excluding hydrogens is 344 g/mol. The summed E-state index contributed by atoms with van der Waals surface area (Å²) in [7, 11) is -3.27. The third kappa shape index (κ3) is 3.10. The van der Waals surface area contributed by atoms with E-state index in [0.29, 0.717) is 0 Å². The lowest BCUT2D eigenvalue weighted by Gasteiger charge is -2.30. The first-order chi connectivity index (χ1) is 11.2. The Morgan fingerprint density at radius 2 is 2.00 bits per heavy atom. The molecule has 2 aliphatic rings. The van der Waals surface area contributed by atoms with Gasteiger partial charge in [-0.15, -0.1) is 0 Å². The van der Waals surface area contributed by atoms with Crippen molar-refractivity contribution in [1.29, 1.82) is 0 Å². The third-order valence-corrected chi connectivity index (χ3v) is 6.10. The molecule has 0 bridgehead atoms. The molecule has 2 fully saturated rings. The Morgan fingerprint density at radius 1 is 1.33 bits per heavy atom. The predicted molar refractivity (Wildman–Crippen MR) is 81.8 cm³/mol. The maximum Gasteiger partial charge on any atom is 0.414 e. The lowest BCUT2D eigenvalue weighted by atomic mass is 9.89. The number of carbonyl (C=O) groups is 1. The molecule has 1 N–H and O–H groups in total. The molecule has 0 radical (unpaired) electrons. The number of nitrogens with zero attached hydrogens (tertiary/aromatic N) is 1. The molecule has 1 atom stereocenters. The van der Waals surface area contributed by atoms with Crippen LogP contribution in [0.3, 0.4) is 0 Å². The van der Waals surface area contributed by atoms with Crippen LogP contribution in [-0.2, 0) is 20.2 Å². The van der Waals surface area contributed by atoms with Crippen molar-refractivity contribution in [2.75, 3.05) is 29.6 Å². The van der Waals surface area contributed by atoms with Crippen LogP contribution in [0.2, 0.25) is 0 Å². The van der Waals surface area contributed by atoms with E-state index in [-0.39, 0.29) is 48.7 Å².